The average molecular weight is 276 g/mol. The monoisotopic (exact) mass is 276 g/mol. The number of benzene rings is 2. The molecule has 0 N–H and O–H groups in total. The minimum absolute atomic E-state index is 0.455. The molecule has 102 valence electrons. The van der Waals surface area contributed by atoms with Crippen LogP contribution < -0.4 is 9.47 Å². The molecule has 21 heavy (non-hydrogen) atoms. The van der Waals surface area contributed by atoms with E-state index in [1.165, 1.54) is 0 Å². The molecule has 4 nitrogen and oxygen atoms in total. The van der Waals surface area contributed by atoms with E-state index in [1.807, 2.05) is 30.3 Å². The lowest BCUT2D eigenvalue weighted by molar-refractivity contribution is 0.409. The lowest BCUT2D eigenvalue weighted by atomic mass is 10.2. The number of hydrogen-bond donors (Lipinski definition) is 0. The number of aromatic nitrogens is 1. The quantitative estimate of drug-likeness (QED) is 0.727. The van der Waals surface area contributed by atoms with E-state index in [0.29, 0.717) is 22.8 Å². The Bertz CT molecular complexity index is 832. The summed E-state index contributed by atoms with van der Waals surface area (Å²) in [4.78, 5) is 4.29. The second kappa shape index (κ2) is 5.51. The fourth-order valence-electron chi connectivity index (χ4n) is 2.09. The first-order valence-electron chi connectivity index (χ1n) is 6.41. The van der Waals surface area contributed by atoms with Gasteiger partial charge in [0.25, 0.3) is 0 Å². The lowest BCUT2D eigenvalue weighted by Crippen LogP contribution is -1.91. The average Bonchev–Trinajstić information content (AvgIpc) is 2.55. The number of fused-ring (bicyclic) bond motifs is 1. The summed E-state index contributed by atoms with van der Waals surface area (Å²) < 4.78 is 11.1. The second-order valence-corrected chi connectivity index (χ2v) is 4.40. The molecule has 0 saturated carbocycles. The van der Waals surface area contributed by atoms with Crippen LogP contribution in [0.2, 0.25) is 0 Å². The van der Waals surface area contributed by atoms with Crippen LogP contribution in [0, 0.1) is 11.3 Å². The van der Waals surface area contributed by atoms with E-state index in [2.05, 4.69) is 11.1 Å². The van der Waals surface area contributed by atoms with Gasteiger partial charge in [0, 0.05) is 17.6 Å². The maximum atomic E-state index is 9.19. The van der Waals surface area contributed by atoms with Gasteiger partial charge in [-0.2, -0.15) is 5.26 Å². The van der Waals surface area contributed by atoms with Gasteiger partial charge in [-0.25, -0.2) is 0 Å². The van der Waals surface area contributed by atoms with E-state index in [4.69, 9.17) is 9.47 Å². The van der Waals surface area contributed by atoms with Gasteiger partial charge < -0.3 is 9.47 Å². The molecular formula is C17H12N2O2. The van der Waals surface area contributed by atoms with Crippen LogP contribution in [0.25, 0.3) is 10.9 Å². The van der Waals surface area contributed by atoms with Gasteiger partial charge in [0.15, 0.2) is 0 Å². The zero-order chi connectivity index (χ0) is 14.7. The fourth-order valence-corrected chi connectivity index (χ4v) is 2.09. The molecule has 0 radical (unpaired) electrons. The SMILES string of the molecule is COc1ccc(C#N)c(Oc2cccc3ncccc23)c1. The zero-order valence-corrected chi connectivity index (χ0v) is 11.4. The molecule has 0 aliphatic carbocycles. The van der Waals surface area contributed by atoms with Gasteiger partial charge in [-0.05, 0) is 36.4 Å². The summed E-state index contributed by atoms with van der Waals surface area (Å²) in [6.45, 7) is 0. The number of pyridine rings is 1. The van der Waals surface area contributed by atoms with E-state index < -0.39 is 0 Å². The Kier molecular flexibility index (Phi) is 3.40. The number of methoxy groups -OCH3 is 1. The van der Waals surface area contributed by atoms with Crippen molar-refractivity contribution in [2.75, 3.05) is 7.11 Å². The molecule has 3 aromatic rings. The first-order chi connectivity index (χ1) is 10.3. The van der Waals surface area contributed by atoms with Crippen LogP contribution >= 0.6 is 0 Å². The third-order valence-corrected chi connectivity index (χ3v) is 3.13. The predicted octanol–water partition coefficient (Wildman–Crippen LogP) is 3.91. The zero-order valence-electron chi connectivity index (χ0n) is 11.4. The fraction of sp³-hybridized carbons (Fsp3) is 0.0588. The van der Waals surface area contributed by atoms with E-state index >= 15 is 0 Å². The normalized spacial score (nSPS) is 10.1. The van der Waals surface area contributed by atoms with Crippen LogP contribution in [-0.4, -0.2) is 12.1 Å². The van der Waals surface area contributed by atoms with Gasteiger partial charge in [0.2, 0.25) is 0 Å². The van der Waals surface area contributed by atoms with Crippen LogP contribution in [-0.2, 0) is 0 Å². The summed E-state index contributed by atoms with van der Waals surface area (Å²) in [6.07, 6.45) is 1.73. The number of nitrogens with zero attached hydrogens (tertiary/aromatic N) is 2. The molecule has 0 saturated heterocycles. The molecule has 0 amide bonds. The summed E-state index contributed by atoms with van der Waals surface area (Å²) in [5.74, 6) is 1.76. The Balaban J connectivity index is 2.08. The summed E-state index contributed by atoms with van der Waals surface area (Å²) in [5, 5.41) is 10.1. The molecule has 0 aliphatic rings. The van der Waals surface area contributed by atoms with Crippen LogP contribution in [0.4, 0.5) is 0 Å². The van der Waals surface area contributed by atoms with Gasteiger partial charge in [-0.1, -0.05) is 6.07 Å². The Morgan fingerprint density at radius 1 is 1.05 bits per heavy atom. The van der Waals surface area contributed by atoms with Crippen LogP contribution in [0.5, 0.6) is 17.2 Å². The van der Waals surface area contributed by atoms with Crippen LogP contribution in [0.3, 0.4) is 0 Å². The molecule has 1 aromatic heterocycles. The lowest BCUT2D eigenvalue weighted by Gasteiger charge is -2.11. The summed E-state index contributed by atoms with van der Waals surface area (Å²) >= 11 is 0. The van der Waals surface area contributed by atoms with Gasteiger partial charge in [-0.15, -0.1) is 0 Å². The van der Waals surface area contributed by atoms with Crippen molar-refractivity contribution < 1.29 is 9.47 Å². The Hall–Kier alpha value is -3.06. The van der Waals surface area contributed by atoms with E-state index in [-0.39, 0.29) is 0 Å². The van der Waals surface area contributed by atoms with Gasteiger partial charge in [0.05, 0.1) is 18.2 Å². The predicted molar refractivity (Wildman–Crippen MR) is 79.5 cm³/mol. The molecule has 4 heteroatoms. The highest BCUT2D eigenvalue weighted by atomic mass is 16.5. The first kappa shape index (κ1) is 12.9. The topological polar surface area (TPSA) is 55.1 Å². The van der Waals surface area contributed by atoms with Crippen molar-refractivity contribution in [1.29, 1.82) is 5.26 Å². The minimum atomic E-state index is 0.455. The minimum Gasteiger partial charge on any atom is -0.497 e. The highest BCUT2D eigenvalue weighted by Crippen LogP contribution is 2.32. The number of rotatable bonds is 3. The third kappa shape index (κ3) is 2.49. The smallest absolute Gasteiger partial charge is 0.148 e. The first-order valence-corrected chi connectivity index (χ1v) is 6.41. The molecule has 0 bridgehead atoms. The van der Waals surface area contributed by atoms with Crippen molar-refractivity contribution >= 4 is 10.9 Å². The Morgan fingerprint density at radius 3 is 2.76 bits per heavy atom. The van der Waals surface area contributed by atoms with Crippen molar-refractivity contribution in [3.05, 3.63) is 60.3 Å². The van der Waals surface area contributed by atoms with Crippen molar-refractivity contribution in [3.63, 3.8) is 0 Å². The summed E-state index contributed by atoms with van der Waals surface area (Å²) in [6, 6.07) is 16.7. The molecule has 0 aliphatic heterocycles. The Labute approximate surface area is 122 Å². The van der Waals surface area contributed by atoms with E-state index in [0.717, 1.165) is 10.9 Å². The van der Waals surface area contributed by atoms with Gasteiger partial charge in [0.1, 0.15) is 23.3 Å². The number of ether oxygens (including phenoxy) is 2. The van der Waals surface area contributed by atoms with Crippen LogP contribution in [0.1, 0.15) is 5.56 Å². The maximum Gasteiger partial charge on any atom is 0.148 e. The summed E-state index contributed by atoms with van der Waals surface area (Å²) in [7, 11) is 1.58. The molecular weight excluding hydrogens is 264 g/mol. The van der Waals surface area contributed by atoms with E-state index in [9.17, 15) is 5.26 Å². The van der Waals surface area contributed by atoms with Crippen molar-refractivity contribution in [1.82, 2.24) is 4.98 Å². The Morgan fingerprint density at radius 2 is 1.95 bits per heavy atom. The molecule has 0 spiro atoms. The van der Waals surface area contributed by atoms with Gasteiger partial charge in [-0.3, -0.25) is 4.98 Å². The van der Waals surface area contributed by atoms with Gasteiger partial charge >= 0.3 is 0 Å². The largest absolute Gasteiger partial charge is 0.497 e. The number of nitriles is 1. The van der Waals surface area contributed by atoms with Crippen molar-refractivity contribution in [2.24, 2.45) is 0 Å². The standard InChI is InChI=1S/C17H12N2O2/c1-20-13-8-7-12(11-18)17(10-13)21-16-6-2-5-15-14(16)4-3-9-19-15/h2-10H,1H3. The van der Waals surface area contributed by atoms with Crippen molar-refractivity contribution in [2.45, 2.75) is 0 Å². The molecule has 0 unspecified atom stereocenters. The highest BCUT2D eigenvalue weighted by Gasteiger charge is 2.09. The highest BCUT2D eigenvalue weighted by molar-refractivity contribution is 5.85. The molecule has 0 atom stereocenters. The van der Waals surface area contributed by atoms with Crippen LogP contribution in [0.15, 0.2) is 54.7 Å². The molecule has 2 aromatic carbocycles. The molecule has 1 heterocycles. The third-order valence-electron chi connectivity index (χ3n) is 3.13. The van der Waals surface area contributed by atoms with E-state index in [1.54, 1.807) is 31.5 Å². The molecule has 0 fully saturated rings. The maximum absolute atomic E-state index is 9.19. The number of hydrogen-bond acceptors (Lipinski definition) is 4. The molecule has 3 rings (SSSR count). The van der Waals surface area contributed by atoms with Crippen molar-refractivity contribution in [3.8, 4) is 23.3 Å². The summed E-state index contributed by atoms with van der Waals surface area (Å²) in [5.41, 5.74) is 1.30. The second-order valence-electron chi connectivity index (χ2n) is 4.40.